The number of aryl methyl sites for hydroxylation is 4. The summed E-state index contributed by atoms with van der Waals surface area (Å²) < 4.78 is 0. The first kappa shape index (κ1) is 78.5. The first-order valence-electron chi connectivity index (χ1n) is 42.6. The van der Waals surface area contributed by atoms with Crippen molar-refractivity contribution in [1.82, 2.24) is 9.80 Å². The number of unbranched alkanes of at least 4 members (excludes halogenated alkanes) is 8. The van der Waals surface area contributed by atoms with Crippen molar-refractivity contribution < 1.29 is 19.2 Å². The number of nitrogens with zero attached hydrogens (tertiary/aromatic N) is 2. The molecule has 3 aromatic heterocycles. The quantitative estimate of drug-likeness (QED) is 0.0195. The maximum absolute atomic E-state index is 15.9. The zero-order chi connectivity index (χ0) is 78.3. The zero-order valence-electron chi connectivity index (χ0n) is 69.4. The first-order valence-corrected chi connectivity index (χ1v) is 45.0. The van der Waals surface area contributed by atoms with E-state index in [1.165, 1.54) is 83.5 Å². The van der Waals surface area contributed by atoms with Gasteiger partial charge in [0.25, 0.3) is 23.6 Å². The fourth-order valence-corrected chi connectivity index (χ4v) is 22.1. The molecule has 2 aliphatic rings. The second-order valence-electron chi connectivity index (χ2n) is 38.1. The third-order valence-corrected chi connectivity index (χ3v) is 28.5. The molecular weight excluding hydrogens is 1410 g/mol. The lowest BCUT2D eigenvalue weighted by Gasteiger charge is -2.37. The molecule has 0 N–H and O–H groups in total. The number of fused-ring (bicyclic) bond motifs is 4. The maximum atomic E-state index is 15.9. The molecule has 9 heteroatoms. The molecule has 0 unspecified atom stereocenters. The van der Waals surface area contributed by atoms with Crippen LogP contribution in [0.15, 0.2) is 121 Å². The highest BCUT2D eigenvalue weighted by Crippen LogP contribution is 2.54. The summed E-state index contributed by atoms with van der Waals surface area (Å²) in [6.45, 7) is 36.5. The highest BCUT2D eigenvalue weighted by Gasteiger charge is 2.44. The average Bonchev–Trinajstić information content (AvgIpc) is 1.34. The van der Waals surface area contributed by atoms with Crippen LogP contribution in [0.3, 0.4) is 0 Å². The van der Waals surface area contributed by atoms with Crippen molar-refractivity contribution in [2.45, 2.75) is 277 Å². The van der Waals surface area contributed by atoms with Crippen LogP contribution < -0.4 is 0 Å². The SMILES string of the molecule is CCCCCC(CCCCC)N1C(=O)c2c(CCC(C)(C)C)cc3c4cccc5c(-c6ccc(-c7ccc(-c8ccc(-c9ccc%10c%11cc(CCC(C)(C)C)c%12c%13c(c(CCC(C)(C)C)cc(c%14cccc9c%14%10)c%13%11)C(=O)N(C(CCCCC)CCCCC)C%12=O)s8)s7)s6)ccc(c6cc(CCC(C)(C)C)c(c2c36)C1=O)c54. The molecule has 578 valence electrons. The number of hydrogen-bond acceptors (Lipinski definition) is 7. The van der Waals surface area contributed by atoms with Gasteiger partial charge in [0.2, 0.25) is 0 Å². The Bertz CT molecular complexity index is 5170. The summed E-state index contributed by atoms with van der Waals surface area (Å²) in [5.41, 5.74) is 9.92. The largest absolute Gasteiger partial charge is 0.271 e. The van der Waals surface area contributed by atoms with Crippen molar-refractivity contribution >= 4 is 144 Å². The van der Waals surface area contributed by atoms with E-state index in [0.29, 0.717) is 0 Å². The number of carbonyl (C=O) groups excluding carboxylic acids is 4. The minimum absolute atomic E-state index is 0.0329. The van der Waals surface area contributed by atoms with Crippen molar-refractivity contribution in [3.8, 4) is 40.4 Å². The molecule has 0 fully saturated rings. The highest BCUT2D eigenvalue weighted by atomic mass is 32.1. The molecule has 6 nitrogen and oxygen atoms in total. The van der Waals surface area contributed by atoms with Gasteiger partial charge in [-0.2, -0.15) is 0 Å². The van der Waals surface area contributed by atoms with E-state index in [-0.39, 0.29) is 57.4 Å². The smallest absolute Gasteiger partial charge is 0.261 e. The van der Waals surface area contributed by atoms with E-state index >= 15 is 19.2 Å². The molecule has 10 aromatic carbocycles. The van der Waals surface area contributed by atoms with Crippen molar-refractivity contribution in [3.63, 3.8) is 0 Å². The maximum Gasteiger partial charge on any atom is 0.261 e. The van der Waals surface area contributed by atoms with Crippen molar-refractivity contribution in [3.05, 3.63) is 166 Å². The van der Waals surface area contributed by atoms with Gasteiger partial charge < -0.3 is 0 Å². The van der Waals surface area contributed by atoms with Crippen LogP contribution in [-0.4, -0.2) is 45.5 Å². The molecule has 0 saturated heterocycles. The van der Waals surface area contributed by atoms with Crippen LogP contribution in [-0.2, 0) is 25.7 Å². The summed E-state index contributed by atoms with van der Waals surface area (Å²) in [7, 11) is 0. The van der Waals surface area contributed by atoms with Gasteiger partial charge >= 0.3 is 0 Å². The Labute approximate surface area is 672 Å². The minimum Gasteiger partial charge on any atom is -0.271 e. The molecule has 0 saturated carbocycles. The molecule has 0 bridgehead atoms. The molecule has 0 spiro atoms. The number of carbonyl (C=O) groups is 4. The zero-order valence-corrected chi connectivity index (χ0v) is 71.9. The molecule has 111 heavy (non-hydrogen) atoms. The number of hydrogen-bond donors (Lipinski definition) is 0. The Kier molecular flexibility index (Phi) is 22.0. The van der Waals surface area contributed by atoms with E-state index in [2.05, 4.69) is 232 Å². The Morgan fingerprint density at radius 2 is 0.532 bits per heavy atom. The van der Waals surface area contributed by atoms with Crippen LogP contribution in [0.2, 0.25) is 0 Å². The normalized spacial score (nSPS) is 14.1. The number of benzene rings is 10. The van der Waals surface area contributed by atoms with Crippen molar-refractivity contribution in [1.29, 1.82) is 0 Å². The van der Waals surface area contributed by atoms with Gasteiger partial charge in [0.05, 0.1) is 22.3 Å². The van der Waals surface area contributed by atoms with Crippen LogP contribution in [0.5, 0.6) is 0 Å². The van der Waals surface area contributed by atoms with Gasteiger partial charge in [-0.15, -0.1) is 34.0 Å². The summed E-state index contributed by atoms with van der Waals surface area (Å²) in [4.78, 5) is 74.5. The fourth-order valence-electron chi connectivity index (χ4n) is 18.8. The summed E-state index contributed by atoms with van der Waals surface area (Å²) in [5.74, 6) is -0.342. The second kappa shape index (κ2) is 31.2. The lowest BCUT2D eigenvalue weighted by Crippen LogP contribution is -2.48. The monoisotopic (exact) mass is 1530 g/mol. The Morgan fingerprint density at radius 3 is 0.802 bits per heavy atom. The average molecular weight is 1530 g/mol. The molecule has 0 radical (unpaired) electrons. The number of rotatable bonds is 30. The van der Waals surface area contributed by atoms with Crippen LogP contribution in [0.4, 0.5) is 0 Å². The number of thiophene rings is 3. The topological polar surface area (TPSA) is 74.8 Å². The third-order valence-electron chi connectivity index (χ3n) is 24.8. The highest BCUT2D eigenvalue weighted by molar-refractivity contribution is 7.28. The van der Waals surface area contributed by atoms with Gasteiger partial charge in [-0.3, -0.25) is 29.0 Å². The van der Waals surface area contributed by atoms with Gasteiger partial charge in [0.15, 0.2) is 0 Å². The summed E-state index contributed by atoms with van der Waals surface area (Å²) >= 11 is 5.58. The summed E-state index contributed by atoms with van der Waals surface area (Å²) in [6.07, 6.45) is 22.8. The van der Waals surface area contributed by atoms with Crippen LogP contribution in [0.1, 0.15) is 303 Å². The molecule has 0 aliphatic carbocycles. The molecule has 13 aromatic rings. The lowest BCUT2D eigenvalue weighted by molar-refractivity contribution is 0.0500. The molecule has 15 rings (SSSR count). The van der Waals surface area contributed by atoms with E-state index in [0.717, 1.165) is 242 Å². The predicted octanol–water partition coefficient (Wildman–Crippen LogP) is 30.8. The number of imide groups is 2. The van der Waals surface area contributed by atoms with E-state index in [4.69, 9.17) is 0 Å². The van der Waals surface area contributed by atoms with Gasteiger partial charge in [0.1, 0.15) is 0 Å². The minimum atomic E-state index is -0.134. The molecule has 4 amide bonds. The molecule has 0 atom stereocenters. The van der Waals surface area contributed by atoms with Crippen LogP contribution in [0.25, 0.3) is 127 Å². The van der Waals surface area contributed by atoms with E-state index in [1.54, 1.807) is 9.80 Å². The fraction of sp³-hybridized carbons (Fsp3) is 0.451. The Balaban J connectivity index is 0.803. The molecule has 2 aliphatic heterocycles. The van der Waals surface area contributed by atoms with Gasteiger partial charge in [-0.25, -0.2) is 0 Å². The third kappa shape index (κ3) is 15.0. The van der Waals surface area contributed by atoms with E-state index < -0.39 is 0 Å². The Morgan fingerprint density at radius 1 is 0.279 bits per heavy atom. The first-order chi connectivity index (χ1) is 53.1. The van der Waals surface area contributed by atoms with Crippen molar-refractivity contribution in [2.75, 3.05) is 0 Å². The summed E-state index contributed by atoms with van der Waals surface area (Å²) in [5, 5.41) is 18.1. The molecule has 5 heterocycles. The van der Waals surface area contributed by atoms with Crippen molar-refractivity contribution in [2.24, 2.45) is 21.7 Å². The second-order valence-corrected chi connectivity index (χ2v) is 41.3. The van der Waals surface area contributed by atoms with E-state index in [1.807, 2.05) is 34.0 Å². The molecular formula is C102H118N2O4S3. The Hall–Kier alpha value is -7.82. The van der Waals surface area contributed by atoms with Gasteiger partial charge in [0, 0.05) is 52.1 Å². The predicted molar refractivity (Wildman–Crippen MR) is 480 cm³/mol. The van der Waals surface area contributed by atoms with Crippen LogP contribution >= 0.6 is 34.0 Å². The van der Waals surface area contributed by atoms with Crippen LogP contribution in [0, 0.1) is 21.7 Å². The summed E-state index contributed by atoms with van der Waals surface area (Å²) in [6, 6.07) is 46.2. The van der Waals surface area contributed by atoms with E-state index in [9.17, 15) is 0 Å². The van der Waals surface area contributed by atoms with Gasteiger partial charge in [-0.1, -0.05) is 248 Å². The lowest BCUT2D eigenvalue weighted by atomic mass is 9.77. The van der Waals surface area contributed by atoms with Gasteiger partial charge in [-0.05, 0) is 268 Å². The number of amides is 4. The standard InChI is InChI=1S/C102H118N2O4S3/c1-17-21-25-31-65(32-26-22-18-2)103-95(105)85-61(49-53-99(5,6)7)57-75-71-37-29-35-69-67(39-41-73(89(69)71)77-59-63(51-55-101(11,12)13)87(97(103)107)93(85)91(75)77)79-43-45-81(109-79)83-47-48-84(111-83)82-46-44-80(110-82)68-40-42-74-78-60-64(52-56-102(14,15)16)88-94-86(96(106)104(98(88)108)66(33-27-23-19-3)34-28-24-20-4)62(50-54-100(8,9)10)58-76(92(78)94)72-38-30-36-70(68)90(72)74/h29-30,35-48,57-60,65-66H,17-28,31-34,49-56H2,1-16H3.